The highest BCUT2D eigenvalue weighted by Crippen LogP contribution is 2.31. The summed E-state index contributed by atoms with van der Waals surface area (Å²) in [6, 6.07) is 8.72. The minimum atomic E-state index is -0.370. The molecule has 0 bridgehead atoms. The molecule has 2 aromatic rings. The van der Waals surface area contributed by atoms with Gasteiger partial charge in [-0.15, -0.1) is 0 Å². The quantitative estimate of drug-likeness (QED) is 0.655. The number of rotatable bonds is 7. The van der Waals surface area contributed by atoms with Gasteiger partial charge in [-0.05, 0) is 48.6 Å². The molecular formula is C22H24Cl2N2O3. The predicted octanol–water partition coefficient (Wildman–Crippen LogP) is 4.82. The third-order valence-electron chi connectivity index (χ3n) is 4.74. The molecule has 0 spiro atoms. The Kier molecular flexibility index (Phi) is 7.04. The van der Waals surface area contributed by atoms with Crippen LogP contribution in [-0.4, -0.2) is 23.5 Å². The van der Waals surface area contributed by atoms with E-state index < -0.39 is 0 Å². The Morgan fingerprint density at radius 2 is 2.00 bits per heavy atom. The molecule has 1 aromatic carbocycles. The van der Waals surface area contributed by atoms with Gasteiger partial charge < -0.3 is 15.0 Å². The molecule has 154 valence electrons. The molecule has 7 heteroatoms. The van der Waals surface area contributed by atoms with Crippen LogP contribution in [0, 0.1) is 5.92 Å². The lowest BCUT2D eigenvalue weighted by molar-refractivity contribution is -0.119. The number of hydrogen-bond donors (Lipinski definition) is 2. The fourth-order valence-electron chi connectivity index (χ4n) is 3.11. The summed E-state index contributed by atoms with van der Waals surface area (Å²) in [5.74, 6) is 1.18. The number of ether oxygens (including phenoxy) is 1. The first kappa shape index (κ1) is 21.5. The van der Waals surface area contributed by atoms with Crippen LogP contribution in [0.5, 0.6) is 5.75 Å². The van der Waals surface area contributed by atoms with E-state index in [0.29, 0.717) is 41.8 Å². The molecule has 0 saturated carbocycles. The normalized spacial score (nSPS) is 16.9. The van der Waals surface area contributed by atoms with Gasteiger partial charge in [0.05, 0.1) is 11.6 Å². The van der Waals surface area contributed by atoms with Crippen LogP contribution in [0.15, 0.2) is 41.2 Å². The van der Waals surface area contributed by atoms with E-state index in [1.165, 1.54) is 0 Å². The van der Waals surface area contributed by atoms with E-state index in [4.69, 9.17) is 27.9 Å². The largest absolute Gasteiger partial charge is 0.492 e. The van der Waals surface area contributed by atoms with Crippen molar-refractivity contribution in [3.63, 3.8) is 0 Å². The summed E-state index contributed by atoms with van der Waals surface area (Å²) in [7, 11) is 0. The van der Waals surface area contributed by atoms with Crippen LogP contribution in [0.3, 0.4) is 0 Å². The van der Waals surface area contributed by atoms with E-state index in [1.54, 1.807) is 12.1 Å². The SMILES string of the molecule is CC(C)CCOc1ccc(/C(=C\[C@H]2CCC(=O)N2)c2ccc(Cl)c(=O)[nH]2)cc1Cl. The van der Waals surface area contributed by atoms with Crippen LogP contribution < -0.4 is 15.6 Å². The van der Waals surface area contributed by atoms with E-state index in [-0.39, 0.29) is 22.5 Å². The van der Waals surface area contributed by atoms with Gasteiger partial charge in [-0.3, -0.25) is 9.59 Å². The van der Waals surface area contributed by atoms with Gasteiger partial charge in [0.15, 0.2) is 0 Å². The Hall–Kier alpha value is -2.24. The first-order chi connectivity index (χ1) is 13.8. The van der Waals surface area contributed by atoms with E-state index in [2.05, 4.69) is 24.1 Å². The maximum Gasteiger partial charge on any atom is 0.267 e. The summed E-state index contributed by atoms with van der Waals surface area (Å²) in [6.45, 7) is 4.87. The van der Waals surface area contributed by atoms with Gasteiger partial charge in [-0.25, -0.2) is 0 Å². The molecule has 5 nitrogen and oxygen atoms in total. The highest BCUT2D eigenvalue weighted by Gasteiger charge is 2.21. The van der Waals surface area contributed by atoms with Gasteiger partial charge in [-0.2, -0.15) is 0 Å². The van der Waals surface area contributed by atoms with Crippen LogP contribution in [-0.2, 0) is 4.79 Å². The monoisotopic (exact) mass is 434 g/mol. The summed E-state index contributed by atoms with van der Waals surface area (Å²) >= 11 is 12.3. The lowest BCUT2D eigenvalue weighted by Crippen LogP contribution is -2.23. The maximum atomic E-state index is 12.0. The molecule has 1 amide bonds. The molecule has 1 saturated heterocycles. The first-order valence-electron chi connectivity index (χ1n) is 9.66. The third-order valence-corrected chi connectivity index (χ3v) is 5.34. The van der Waals surface area contributed by atoms with Crippen molar-refractivity contribution in [2.24, 2.45) is 5.92 Å². The van der Waals surface area contributed by atoms with Crippen molar-refractivity contribution in [2.45, 2.75) is 39.2 Å². The fourth-order valence-corrected chi connectivity index (χ4v) is 3.45. The summed E-state index contributed by atoms with van der Waals surface area (Å²) in [5, 5.41) is 3.53. The third kappa shape index (κ3) is 5.64. The zero-order chi connectivity index (χ0) is 21.0. The van der Waals surface area contributed by atoms with E-state index in [0.717, 1.165) is 17.6 Å². The van der Waals surface area contributed by atoms with Crippen LogP contribution >= 0.6 is 23.2 Å². The zero-order valence-electron chi connectivity index (χ0n) is 16.4. The molecule has 1 aromatic heterocycles. The van der Waals surface area contributed by atoms with Crippen molar-refractivity contribution in [3.05, 3.63) is 68.1 Å². The van der Waals surface area contributed by atoms with Gasteiger partial charge in [0.2, 0.25) is 5.91 Å². The number of halogens is 2. The molecule has 29 heavy (non-hydrogen) atoms. The van der Waals surface area contributed by atoms with Crippen molar-refractivity contribution in [1.82, 2.24) is 10.3 Å². The number of hydrogen-bond acceptors (Lipinski definition) is 3. The average Bonchev–Trinajstić information content (AvgIpc) is 3.08. The average molecular weight is 435 g/mol. The Balaban J connectivity index is 1.94. The van der Waals surface area contributed by atoms with Crippen molar-refractivity contribution < 1.29 is 9.53 Å². The van der Waals surface area contributed by atoms with Gasteiger partial charge in [-0.1, -0.05) is 49.2 Å². The summed E-state index contributed by atoms with van der Waals surface area (Å²) < 4.78 is 5.79. The summed E-state index contributed by atoms with van der Waals surface area (Å²) in [5.41, 5.74) is 1.81. The first-order valence-corrected chi connectivity index (χ1v) is 10.4. The Morgan fingerprint density at radius 1 is 1.21 bits per heavy atom. The second-order valence-corrected chi connectivity index (χ2v) is 8.33. The number of carbonyl (C=O) groups is 1. The van der Waals surface area contributed by atoms with Crippen molar-refractivity contribution in [3.8, 4) is 5.75 Å². The number of aromatic amines is 1. The van der Waals surface area contributed by atoms with Crippen molar-refractivity contribution >= 4 is 34.7 Å². The standard InChI is InChI=1S/C22H24Cl2N2O3/c1-13(2)9-10-29-20-7-3-14(11-18(20)24)16(12-15-4-8-21(27)25-15)19-6-5-17(23)22(28)26-19/h3,5-7,11-13,15H,4,8-10H2,1-2H3,(H,25,27)(H,26,28)/b16-12+/t15-/m1/s1. The lowest BCUT2D eigenvalue weighted by atomic mass is 9.99. The van der Waals surface area contributed by atoms with Crippen LogP contribution in [0.25, 0.3) is 5.57 Å². The molecular weight excluding hydrogens is 411 g/mol. The van der Waals surface area contributed by atoms with E-state index in [1.807, 2.05) is 24.3 Å². The molecule has 1 aliphatic heterocycles. The fraction of sp³-hybridized carbons (Fsp3) is 0.364. The van der Waals surface area contributed by atoms with Gasteiger partial charge in [0, 0.05) is 23.7 Å². The number of pyridine rings is 1. The van der Waals surface area contributed by atoms with E-state index >= 15 is 0 Å². The molecule has 0 radical (unpaired) electrons. The number of aromatic nitrogens is 1. The van der Waals surface area contributed by atoms with Crippen LogP contribution in [0.2, 0.25) is 10.0 Å². The topological polar surface area (TPSA) is 71.2 Å². The molecule has 3 rings (SSSR count). The Labute approximate surface area is 180 Å². The molecule has 0 aliphatic carbocycles. The number of amides is 1. The predicted molar refractivity (Wildman–Crippen MR) is 117 cm³/mol. The molecule has 0 unspecified atom stereocenters. The van der Waals surface area contributed by atoms with Crippen LogP contribution in [0.1, 0.15) is 44.4 Å². The molecule has 1 aliphatic rings. The highest BCUT2D eigenvalue weighted by atomic mass is 35.5. The lowest BCUT2D eigenvalue weighted by Gasteiger charge is -2.14. The number of H-pyrrole nitrogens is 1. The number of nitrogens with one attached hydrogen (secondary N) is 2. The molecule has 2 heterocycles. The molecule has 1 fully saturated rings. The minimum Gasteiger partial charge on any atom is -0.492 e. The Bertz CT molecular complexity index is 982. The summed E-state index contributed by atoms with van der Waals surface area (Å²) in [4.78, 5) is 26.4. The molecule has 2 N–H and O–H groups in total. The second-order valence-electron chi connectivity index (χ2n) is 7.52. The summed E-state index contributed by atoms with van der Waals surface area (Å²) in [6.07, 6.45) is 4.06. The van der Waals surface area contributed by atoms with Gasteiger partial charge in [0.1, 0.15) is 10.8 Å². The van der Waals surface area contributed by atoms with Crippen LogP contribution in [0.4, 0.5) is 0 Å². The highest BCUT2D eigenvalue weighted by molar-refractivity contribution is 6.32. The number of carbonyl (C=O) groups excluding carboxylic acids is 1. The second kappa shape index (κ2) is 9.51. The zero-order valence-corrected chi connectivity index (χ0v) is 17.9. The van der Waals surface area contributed by atoms with Gasteiger partial charge >= 0.3 is 0 Å². The molecule has 1 atom stereocenters. The van der Waals surface area contributed by atoms with Crippen molar-refractivity contribution in [2.75, 3.05) is 6.61 Å². The minimum absolute atomic E-state index is 0.0159. The number of benzene rings is 1. The van der Waals surface area contributed by atoms with E-state index in [9.17, 15) is 9.59 Å². The van der Waals surface area contributed by atoms with Gasteiger partial charge in [0.25, 0.3) is 5.56 Å². The van der Waals surface area contributed by atoms with Crippen molar-refractivity contribution in [1.29, 1.82) is 0 Å². The maximum absolute atomic E-state index is 12.0. The smallest absolute Gasteiger partial charge is 0.267 e. The Morgan fingerprint density at radius 3 is 2.62 bits per heavy atom.